The Hall–Kier alpha value is -3.98. The lowest BCUT2D eigenvalue weighted by Gasteiger charge is -2.21. The van der Waals surface area contributed by atoms with Gasteiger partial charge in [0.2, 0.25) is 5.91 Å². The zero-order valence-corrected chi connectivity index (χ0v) is 18.8. The van der Waals surface area contributed by atoms with Gasteiger partial charge in [0.15, 0.2) is 0 Å². The molecule has 0 atom stereocenters. The van der Waals surface area contributed by atoms with Gasteiger partial charge in [0, 0.05) is 24.2 Å². The number of furan rings is 1. The summed E-state index contributed by atoms with van der Waals surface area (Å²) >= 11 is 0. The first kappa shape index (κ1) is 23.2. The van der Waals surface area contributed by atoms with E-state index in [-0.39, 0.29) is 29.7 Å². The quantitative estimate of drug-likeness (QED) is 0.347. The van der Waals surface area contributed by atoms with E-state index in [1.807, 2.05) is 23.1 Å². The molecule has 1 saturated carbocycles. The van der Waals surface area contributed by atoms with Crippen molar-refractivity contribution in [2.45, 2.75) is 38.9 Å². The van der Waals surface area contributed by atoms with Crippen molar-refractivity contribution >= 4 is 23.2 Å². The Balaban J connectivity index is 1.44. The Bertz CT molecular complexity index is 1170. The second-order valence-corrected chi connectivity index (χ2v) is 8.50. The number of hydrogen-bond donors (Lipinski definition) is 2. The van der Waals surface area contributed by atoms with E-state index in [0.717, 1.165) is 24.0 Å². The van der Waals surface area contributed by atoms with Crippen LogP contribution in [0.25, 0.3) is 0 Å². The summed E-state index contributed by atoms with van der Waals surface area (Å²) in [5.41, 5.74) is 2.26. The zero-order valence-electron chi connectivity index (χ0n) is 18.8. The van der Waals surface area contributed by atoms with E-state index >= 15 is 0 Å². The molecule has 176 valence electrons. The van der Waals surface area contributed by atoms with Crippen LogP contribution in [0.3, 0.4) is 0 Å². The molecule has 0 spiro atoms. The minimum Gasteiger partial charge on any atom is -0.468 e. The Morgan fingerprint density at radius 1 is 1.12 bits per heavy atom. The molecule has 1 heterocycles. The third kappa shape index (κ3) is 6.29. The van der Waals surface area contributed by atoms with Gasteiger partial charge in [-0.3, -0.25) is 24.6 Å². The maximum absolute atomic E-state index is 12.8. The van der Waals surface area contributed by atoms with Crippen molar-refractivity contribution in [2.75, 3.05) is 11.9 Å². The van der Waals surface area contributed by atoms with Crippen molar-refractivity contribution in [1.82, 2.24) is 10.2 Å². The van der Waals surface area contributed by atoms with E-state index < -0.39 is 4.92 Å². The number of anilines is 1. The number of aryl methyl sites for hydroxylation is 1. The lowest BCUT2D eigenvalue weighted by molar-refractivity contribution is -0.384. The predicted molar refractivity (Wildman–Crippen MR) is 126 cm³/mol. The minimum absolute atomic E-state index is 0.00432. The number of nitro benzene ring substituents is 1. The van der Waals surface area contributed by atoms with Crippen molar-refractivity contribution < 1.29 is 18.9 Å². The van der Waals surface area contributed by atoms with Crippen LogP contribution in [0.2, 0.25) is 0 Å². The van der Waals surface area contributed by atoms with Crippen LogP contribution in [0, 0.1) is 17.0 Å². The van der Waals surface area contributed by atoms with E-state index in [4.69, 9.17) is 4.42 Å². The molecule has 1 aliphatic carbocycles. The normalized spacial score (nSPS) is 13.0. The monoisotopic (exact) mass is 462 g/mol. The van der Waals surface area contributed by atoms with Crippen molar-refractivity contribution in [3.63, 3.8) is 0 Å². The maximum atomic E-state index is 12.8. The van der Waals surface area contributed by atoms with Crippen LogP contribution in [-0.4, -0.2) is 34.2 Å². The van der Waals surface area contributed by atoms with Crippen LogP contribution in [0.1, 0.15) is 40.1 Å². The number of nitro groups is 1. The molecular formula is C25H26N4O5. The minimum atomic E-state index is -0.510. The summed E-state index contributed by atoms with van der Waals surface area (Å²) in [6.07, 6.45) is 3.62. The van der Waals surface area contributed by atoms with Crippen LogP contribution >= 0.6 is 0 Å². The fraction of sp³-hybridized carbons (Fsp3) is 0.280. The zero-order chi connectivity index (χ0) is 24.1. The molecule has 2 N–H and O–H groups in total. The number of rotatable bonds is 10. The Labute approximate surface area is 196 Å². The van der Waals surface area contributed by atoms with E-state index in [0.29, 0.717) is 30.5 Å². The number of hydrogen-bond acceptors (Lipinski definition) is 6. The fourth-order valence-electron chi connectivity index (χ4n) is 3.60. The second-order valence-electron chi connectivity index (χ2n) is 8.50. The molecule has 3 aromatic rings. The third-order valence-electron chi connectivity index (χ3n) is 5.49. The largest absolute Gasteiger partial charge is 0.468 e. The summed E-state index contributed by atoms with van der Waals surface area (Å²) in [5.74, 6) is 0.231. The summed E-state index contributed by atoms with van der Waals surface area (Å²) in [6, 6.07) is 15.8. The summed E-state index contributed by atoms with van der Waals surface area (Å²) in [6.45, 7) is 2.55. The van der Waals surface area contributed by atoms with E-state index in [1.165, 1.54) is 12.1 Å². The number of nitrogens with one attached hydrogen (secondary N) is 2. The predicted octanol–water partition coefficient (Wildman–Crippen LogP) is 4.03. The highest BCUT2D eigenvalue weighted by atomic mass is 16.6. The van der Waals surface area contributed by atoms with Crippen molar-refractivity contribution in [1.29, 1.82) is 0 Å². The van der Waals surface area contributed by atoms with Gasteiger partial charge in [-0.25, -0.2) is 0 Å². The number of benzene rings is 2. The lowest BCUT2D eigenvalue weighted by Crippen LogP contribution is -2.32. The molecule has 1 aliphatic rings. The maximum Gasteiger partial charge on any atom is 0.293 e. The summed E-state index contributed by atoms with van der Waals surface area (Å²) in [7, 11) is 0. The molecule has 9 nitrogen and oxygen atoms in total. The summed E-state index contributed by atoms with van der Waals surface area (Å²) < 4.78 is 5.44. The second kappa shape index (κ2) is 10.3. The summed E-state index contributed by atoms with van der Waals surface area (Å²) in [4.78, 5) is 37.7. The van der Waals surface area contributed by atoms with Gasteiger partial charge in [0.25, 0.3) is 11.6 Å². The molecule has 0 radical (unpaired) electrons. The van der Waals surface area contributed by atoms with E-state index in [9.17, 15) is 19.7 Å². The number of amides is 2. The molecule has 34 heavy (non-hydrogen) atoms. The molecule has 1 fully saturated rings. The average Bonchev–Trinajstić information content (AvgIpc) is 3.47. The smallest absolute Gasteiger partial charge is 0.293 e. The molecule has 9 heteroatoms. The molecule has 4 rings (SSSR count). The van der Waals surface area contributed by atoms with Gasteiger partial charge >= 0.3 is 0 Å². The molecule has 0 saturated heterocycles. The van der Waals surface area contributed by atoms with Crippen LogP contribution in [-0.2, 0) is 17.9 Å². The first-order chi connectivity index (χ1) is 16.4. The van der Waals surface area contributed by atoms with Gasteiger partial charge in [0.05, 0.1) is 24.3 Å². The molecule has 1 aromatic heterocycles. The topological polar surface area (TPSA) is 118 Å². The molecule has 0 bridgehead atoms. The number of nitrogens with zero attached hydrogens (tertiary/aromatic N) is 2. The Kier molecular flexibility index (Phi) is 7.03. The van der Waals surface area contributed by atoms with Crippen LogP contribution < -0.4 is 10.6 Å². The van der Waals surface area contributed by atoms with Gasteiger partial charge in [-0.2, -0.15) is 0 Å². The van der Waals surface area contributed by atoms with E-state index in [2.05, 4.69) is 10.6 Å². The van der Waals surface area contributed by atoms with Gasteiger partial charge in [-0.15, -0.1) is 0 Å². The van der Waals surface area contributed by atoms with E-state index in [1.54, 1.807) is 37.5 Å². The van der Waals surface area contributed by atoms with Gasteiger partial charge < -0.3 is 15.1 Å². The summed E-state index contributed by atoms with van der Waals surface area (Å²) in [5, 5.41) is 17.0. The highest BCUT2D eigenvalue weighted by molar-refractivity contribution is 5.95. The Morgan fingerprint density at radius 2 is 1.88 bits per heavy atom. The average molecular weight is 463 g/mol. The van der Waals surface area contributed by atoms with Crippen molar-refractivity contribution in [3.05, 3.63) is 93.4 Å². The van der Waals surface area contributed by atoms with Gasteiger partial charge in [-0.05, 0) is 61.2 Å². The highest BCUT2D eigenvalue weighted by Gasteiger charge is 2.24. The van der Waals surface area contributed by atoms with Crippen molar-refractivity contribution in [2.24, 2.45) is 0 Å². The van der Waals surface area contributed by atoms with Crippen LogP contribution in [0.5, 0.6) is 0 Å². The Morgan fingerprint density at radius 3 is 2.53 bits per heavy atom. The number of carbonyl (C=O) groups is 2. The van der Waals surface area contributed by atoms with Gasteiger partial charge in [0.1, 0.15) is 11.4 Å². The third-order valence-corrected chi connectivity index (χ3v) is 5.49. The number of carbonyl (C=O) groups excluding carboxylic acids is 2. The first-order valence-electron chi connectivity index (χ1n) is 11.1. The fourth-order valence-corrected chi connectivity index (χ4v) is 3.60. The molecule has 2 aromatic carbocycles. The first-order valence-corrected chi connectivity index (χ1v) is 11.1. The molecule has 0 unspecified atom stereocenters. The standard InChI is InChI=1S/C25H26N4O5/c1-17-4-11-22(23(13-17)29(32)33)27-24(30)16-28(15-21-3-2-12-34-21)14-18-5-7-19(8-6-18)25(31)26-20-9-10-20/h2-8,11-13,20H,9-10,14-16H2,1H3,(H,26,31)(H,27,30). The van der Waals surface area contributed by atoms with Crippen LogP contribution in [0.15, 0.2) is 65.3 Å². The highest BCUT2D eigenvalue weighted by Crippen LogP contribution is 2.25. The van der Waals surface area contributed by atoms with Crippen molar-refractivity contribution in [3.8, 4) is 0 Å². The van der Waals surface area contributed by atoms with Gasteiger partial charge in [-0.1, -0.05) is 18.2 Å². The SMILES string of the molecule is Cc1ccc(NC(=O)CN(Cc2ccc(C(=O)NC3CC3)cc2)Cc2ccco2)c([N+](=O)[O-])c1. The molecular weight excluding hydrogens is 436 g/mol. The molecule has 0 aliphatic heterocycles. The molecule has 2 amide bonds. The lowest BCUT2D eigenvalue weighted by atomic mass is 10.1. The van der Waals surface area contributed by atoms with Crippen LogP contribution in [0.4, 0.5) is 11.4 Å².